The number of halogens is 1. The molecule has 1 heterocycles. The molecule has 192 valence electrons. The average Bonchev–Trinajstić information content (AvgIpc) is 3.18. The molecular formula is C25H35ClN4O5. The molecule has 0 spiro atoms. The maximum Gasteiger partial charge on any atom is 0.247 e. The number of nitrogens with zero attached hydrogens (tertiary/aromatic N) is 2. The third kappa shape index (κ3) is 9.33. The molecule has 0 saturated heterocycles. The van der Waals surface area contributed by atoms with Gasteiger partial charge < -0.3 is 24.8 Å². The van der Waals surface area contributed by atoms with E-state index in [0.717, 1.165) is 0 Å². The van der Waals surface area contributed by atoms with Gasteiger partial charge in [0.1, 0.15) is 11.8 Å². The van der Waals surface area contributed by atoms with E-state index in [1.165, 1.54) is 4.90 Å². The Kier molecular flexibility index (Phi) is 10.7. The first kappa shape index (κ1) is 28.3. The molecule has 2 aromatic rings. The fourth-order valence-electron chi connectivity index (χ4n) is 3.46. The molecular weight excluding hydrogens is 472 g/mol. The number of carbonyl (C=O) groups is 3. The second-order valence-electron chi connectivity index (χ2n) is 9.17. The van der Waals surface area contributed by atoms with Crippen LogP contribution >= 0.6 is 11.6 Å². The summed E-state index contributed by atoms with van der Waals surface area (Å²) >= 11 is 6.46. The van der Waals surface area contributed by atoms with Crippen molar-refractivity contribution in [3.05, 3.63) is 46.7 Å². The maximum atomic E-state index is 13.4. The lowest BCUT2D eigenvalue weighted by Crippen LogP contribution is -2.49. The van der Waals surface area contributed by atoms with E-state index in [1.807, 2.05) is 27.7 Å². The van der Waals surface area contributed by atoms with Gasteiger partial charge in [-0.3, -0.25) is 14.4 Å². The van der Waals surface area contributed by atoms with Crippen LogP contribution in [0.3, 0.4) is 0 Å². The Hall–Kier alpha value is -2.91. The van der Waals surface area contributed by atoms with Gasteiger partial charge in [0, 0.05) is 54.8 Å². The molecule has 0 aliphatic rings. The highest BCUT2D eigenvalue weighted by Gasteiger charge is 2.34. The number of carbonyl (C=O) groups excluding carboxylic acids is 3. The van der Waals surface area contributed by atoms with Crippen molar-refractivity contribution >= 4 is 35.1 Å². The van der Waals surface area contributed by atoms with Gasteiger partial charge in [0.2, 0.25) is 17.7 Å². The van der Waals surface area contributed by atoms with Crippen LogP contribution in [0.2, 0.25) is 5.02 Å². The van der Waals surface area contributed by atoms with Crippen LogP contribution < -0.4 is 10.6 Å². The first-order valence-electron chi connectivity index (χ1n) is 11.7. The molecule has 0 unspecified atom stereocenters. The molecule has 0 radical (unpaired) electrons. The number of nitrogens with one attached hydrogen (secondary N) is 2. The second-order valence-corrected chi connectivity index (χ2v) is 9.58. The summed E-state index contributed by atoms with van der Waals surface area (Å²) in [5, 5.41) is 9.67. The molecule has 1 aromatic carbocycles. The van der Waals surface area contributed by atoms with E-state index in [1.54, 1.807) is 37.3 Å². The fraction of sp³-hybridized carbons (Fsp3) is 0.520. The first-order chi connectivity index (χ1) is 16.5. The minimum Gasteiger partial charge on any atom is -0.382 e. The van der Waals surface area contributed by atoms with Gasteiger partial charge in [0.05, 0.1) is 0 Å². The van der Waals surface area contributed by atoms with E-state index < -0.39 is 11.6 Å². The molecule has 0 fully saturated rings. The van der Waals surface area contributed by atoms with Crippen molar-refractivity contribution in [3.63, 3.8) is 0 Å². The molecule has 3 amide bonds. The lowest BCUT2D eigenvalue weighted by molar-refractivity contribution is -0.142. The number of aryl methyl sites for hydroxylation is 1. The van der Waals surface area contributed by atoms with Crippen molar-refractivity contribution in [1.29, 1.82) is 0 Å². The van der Waals surface area contributed by atoms with E-state index in [4.69, 9.17) is 20.9 Å². The predicted octanol–water partition coefficient (Wildman–Crippen LogP) is 4.27. The van der Waals surface area contributed by atoms with E-state index in [-0.39, 0.29) is 42.9 Å². The molecule has 9 nitrogen and oxygen atoms in total. The Morgan fingerprint density at radius 3 is 2.51 bits per heavy atom. The van der Waals surface area contributed by atoms with E-state index in [0.29, 0.717) is 36.0 Å². The molecule has 1 atom stereocenters. The van der Waals surface area contributed by atoms with Crippen LogP contribution in [-0.4, -0.2) is 53.1 Å². The van der Waals surface area contributed by atoms with Crippen LogP contribution in [-0.2, 0) is 19.1 Å². The first-order valence-corrected chi connectivity index (χ1v) is 12.1. The Morgan fingerprint density at radius 2 is 1.91 bits per heavy atom. The van der Waals surface area contributed by atoms with Crippen LogP contribution in [0.25, 0.3) is 0 Å². The van der Waals surface area contributed by atoms with E-state index in [2.05, 4.69) is 15.8 Å². The zero-order chi connectivity index (χ0) is 26.0. The molecule has 35 heavy (non-hydrogen) atoms. The second kappa shape index (κ2) is 13.3. The summed E-state index contributed by atoms with van der Waals surface area (Å²) in [5.74, 6) is -0.231. The van der Waals surface area contributed by atoms with Crippen molar-refractivity contribution in [1.82, 2.24) is 15.4 Å². The topological polar surface area (TPSA) is 114 Å². The predicted molar refractivity (Wildman–Crippen MR) is 134 cm³/mol. The van der Waals surface area contributed by atoms with Crippen molar-refractivity contribution in [2.75, 3.05) is 25.1 Å². The van der Waals surface area contributed by atoms with Gasteiger partial charge in [-0.05, 0) is 47.1 Å². The van der Waals surface area contributed by atoms with Gasteiger partial charge in [-0.1, -0.05) is 35.0 Å². The number of amides is 3. The number of rotatable bonds is 12. The van der Waals surface area contributed by atoms with Crippen LogP contribution in [0, 0.1) is 6.92 Å². The van der Waals surface area contributed by atoms with Crippen molar-refractivity contribution in [3.8, 4) is 0 Å². The van der Waals surface area contributed by atoms with Crippen molar-refractivity contribution in [2.45, 2.75) is 65.5 Å². The lowest BCUT2D eigenvalue weighted by atomic mass is 10.0. The maximum absolute atomic E-state index is 13.4. The third-order valence-corrected chi connectivity index (χ3v) is 5.28. The van der Waals surface area contributed by atoms with Gasteiger partial charge in [0.25, 0.3) is 0 Å². The van der Waals surface area contributed by atoms with Gasteiger partial charge in [0.15, 0.2) is 5.82 Å². The molecule has 0 aliphatic heterocycles. The molecule has 0 bridgehead atoms. The Morgan fingerprint density at radius 1 is 1.20 bits per heavy atom. The normalized spacial score (nSPS) is 12.2. The van der Waals surface area contributed by atoms with Gasteiger partial charge in [-0.2, -0.15) is 0 Å². The van der Waals surface area contributed by atoms with E-state index in [9.17, 15) is 14.4 Å². The summed E-state index contributed by atoms with van der Waals surface area (Å²) in [6, 6.07) is 7.58. The Labute approximate surface area is 211 Å². The largest absolute Gasteiger partial charge is 0.382 e. The highest BCUT2D eigenvalue weighted by Crippen LogP contribution is 2.29. The molecule has 10 heteroatoms. The number of anilines is 1. The number of hydrogen-bond acceptors (Lipinski definition) is 6. The summed E-state index contributed by atoms with van der Waals surface area (Å²) in [7, 11) is 0. The summed E-state index contributed by atoms with van der Waals surface area (Å²) in [6.07, 6.45) is 0.345. The zero-order valence-electron chi connectivity index (χ0n) is 21.0. The summed E-state index contributed by atoms with van der Waals surface area (Å²) in [6.45, 7) is 10.4. The summed E-state index contributed by atoms with van der Waals surface area (Å²) < 4.78 is 10.4. The Bertz CT molecular complexity index is 1000. The van der Waals surface area contributed by atoms with Crippen molar-refractivity contribution < 1.29 is 23.6 Å². The van der Waals surface area contributed by atoms with Gasteiger partial charge in [-0.25, -0.2) is 0 Å². The van der Waals surface area contributed by atoms with E-state index >= 15 is 0 Å². The highest BCUT2D eigenvalue weighted by atomic mass is 35.5. The number of ether oxygens (including phenoxy) is 1. The molecule has 0 aliphatic carbocycles. The number of benzene rings is 1. The minimum absolute atomic E-state index is 0.0805. The standard InChI is InChI=1S/C25H35ClN4O5/c1-6-34-15-9-14-30(22(32)13-12-21(31)27-20-16-17(2)35-29-20)23(24(33)28-25(3,4)5)18-10-7-8-11-19(18)26/h7-8,10-11,16,23H,6,9,12-15H2,1-5H3,(H,28,33)(H,27,29,31)/t23-/m1/s1. The van der Waals surface area contributed by atoms with Crippen molar-refractivity contribution in [2.24, 2.45) is 0 Å². The minimum atomic E-state index is -0.960. The number of hydrogen-bond donors (Lipinski definition) is 2. The smallest absolute Gasteiger partial charge is 0.247 e. The zero-order valence-corrected chi connectivity index (χ0v) is 21.8. The molecule has 2 rings (SSSR count). The Balaban J connectivity index is 2.26. The quantitative estimate of drug-likeness (QED) is 0.416. The highest BCUT2D eigenvalue weighted by molar-refractivity contribution is 6.31. The number of aromatic nitrogens is 1. The summed E-state index contributed by atoms with van der Waals surface area (Å²) in [5.41, 5.74) is -0.00473. The fourth-order valence-corrected chi connectivity index (χ4v) is 3.70. The molecule has 1 aromatic heterocycles. The van der Waals surface area contributed by atoms with Crippen LogP contribution in [0.4, 0.5) is 5.82 Å². The van der Waals surface area contributed by atoms with Gasteiger partial charge >= 0.3 is 0 Å². The molecule has 0 saturated carbocycles. The van der Waals surface area contributed by atoms with Crippen LogP contribution in [0.1, 0.15) is 64.3 Å². The van der Waals surface area contributed by atoms with Gasteiger partial charge in [-0.15, -0.1) is 0 Å². The average molecular weight is 507 g/mol. The lowest BCUT2D eigenvalue weighted by Gasteiger charge is -2.34. The van der Waals surface area contributed by atoms with Crippen LogP contribution in [0.15, 0.2) is 34.9 Å². The van der Waals surface area contributed by atoms with Crippen LogP contribution in [0.5, 0.6) is 0 Å². The monoisotopic (exact) mass is 506 g/mol. The summed E-state index contributed by atoms with van der Waals surface area (Å²) in [4.78, 5) is 40.7. The SMILES string of the molecule is CCOCCCN(C(=O)CCC(=O)Nc1cc(C)on1)[C@@H](C(=O)NC(C)(C)C)c1ccccc1Cl. The third-order valence-electron chi connectivity index (χ3n) is 4.93. The molecule has 2 N–H and O–H groups in total.